The van der Waals surface area contributed by atoms with E-state index in [-0.39, 0.29) is 17.0 Å². The second kappa shape index (κ2) is 4.74. The largest absolute Gasteiger partial charge is 0.331 e. The van der Waals surface area contributed by atoms with Crippen molar-refractivity contribution in [3.05, 3.63) is 0 Å². The molecule has 0 bridgehead atoms. The quantitative estimate of drug-likeness (QED) is 0.710. The van der Waals surface area contributed by atoms with Gasteiger partial charge < -0.3 is 4.90 Å². The summed E-state index contributed by atoms with van der Waals surface area (Å²) >= 11 is 3.11. The fourth-order valence-corrected chi connectivity index (χ4v) is 2.01. The van der Waals surface area contributed by atoms with Crippen molar-refractivity contribution < 1.29 is 9.59 Å². The first-order valence-electron chi connectivity index (χ1n) is 4.25. The molecule has 0 fully saturated rings. The molecule has 0 unspecified atom stereocenters. The van der Waals surface area contributed by atoms with Gasteiger partial charge in [-0.2, -0.15) is 0 Å². The zero-order valence-corrected chi connectivity index (χ0v) is 10.1. The third kappa shape index (κ3) is 2.79. The predicted molar refractivity (Wildman–Crippen MR) is 55.9 cm³/mol. The van der Waals surface area contributed by atoms with Crippen LogP contribution in [-0.2, 0) is 9.59 Å². The molecule has 0 atom stereocenters. The first kappa shape index (κ1) is 12.6. The number of likely N-dealkylation sites (N-methyl/N-ethyl adjacent to an activating group) is 1. The average Bonchev–Trinajstić information content (AvgIpc) is 2.02. The molecule has 0 aliphatic carbocycles. The van der Waals surface area contributed by atoms with Gasteiger partial charge in [0.1, 0.15) is 0 Å². The Labute approximate surface area is 87.6 Å². The van der Waals surface area contributed by atoms with Crippen molar-refractivity contribution in [1.82, 2.24) is 4.90 Å². The Morgan fingerprint density at radius 2 is 1.85 bits per heavy atom. The van der Waals surface area contributed by atoms with Crippen molar-refractivity contribution >= 4 is 27.6 Å². The third-order valence-corrected chi connectivity index (χ3v) is 2.68. The summed E-state index contributed by atoms with van der Waals surface area (Å²) in [6, 6.07) is 0. The van der Waals surface area contributed by atoms with Crippen LogP contribution in [0.3, 0.4) is 0 Å². The highest BCUT2D eigenvalue weighted by molar-refractivity contribution is 9.09. The van der Waals surface area contributed by atoms with Crippen molar-refractivity contribution in [3.8, 4) is 0 Å². The number of carbonyl (C=O) groups excluding carboxylic acids is 2. The maximum atomic E-state index is 11.5. The van der Waals surface area contributed by atoms with Crippen LogP contribution in [0.15, 0.2) is 0 Å². The van der Waals surface area contributed by atoms with Gasteiger partial charge in [0.2, 0.25) is 5.91 Å². The number of rotatable bonds is 4. The molecule has 76 valence electrons. The number of ketones is 1. The Kier molecular flexibility index (Phi) is 4.61. The molecule has 0 saturated heterocycles. The molecule has 13 heavy (non-hydrogen) atoms. The minimum Gasteiger partial charge on any atom is -0.331 e. The highest BCUT2D eigenvalue weighted by Crippen LogP contribution is 2.16. The highest BCUT2D eigenvalue weighted by Gasteiger charge is 2.33. The maximum absolute atomic E-state index is 11.5. The van der Waals surface area contributed by atoms with Crippen LogP contribution in [0.2, 0.25) is 0 Å². The van der Waals surface area contributed by atoms with Crippen LogP contribution in [-0.4, -0.2) is 34.0 Å². The van der Waals surface area contributed by atoms with Gasteiger partial charge >= 0.3 is 0 Å². The lowest BCUT2D eigenvalue weighted by Gasteiger charge is -2.35. The van der Waals surface area contributed by atoms with Gasteiger partial charge in [0.15, 0.2) is 5.78 Å². The fourth-order valence-electron chi connectivity index (χ4n) is 1.33. The van der Waals surface area contributed by atoms with Crippen LogP contribution in [0, 0.1) is 0 Å². The van der Waals surface area contributed by atoms with Crippen LogP contribution in [0.1, 0.15) is 27.7 Å². The topological polar surface area (TPSA) is 37.4 Å². The molecule has 0 aliphatic rings. The van der Waals surface area contributed by atoms with Gasteiger partial charge in [0, 0.05) is 13.5 Å². The van der Waals surface area contributed by atoms with Crippen molar-refractivity contribution in [1.29, 1.82) is 0 Å². The number of halogens is 1. The standard InChI is InChI=1S/C9H16BrNO2/c1-5-11(7(2)12)9(3,4)8(13)6-10/h5-6H2,1-4H3. The summed E-state index contributed by atoms with van der Waals surface area (Å²) in [5.74, 6) is -0.0497. The van der Waals surface area contributed by atoms with Crippen LogP contribution in [0.4, 0.5) is 0 Å². The monoisotopic (exact) mass is 249 g/mol. The Bertz CT molecular complexity index is 214. The smallest absolute Gasteiger partial charge is 0.220 e. The van der Waals surface area contributed by atoms with E-state index < -0.39 is 5.54 Å². The van der Waals surface area contributed by atoms with Crippen molar-refractivity contribution in [2.75, 3.05) is 11.9 Å². The number of Topliss-reactive ketones (excluding diaryl/α,β-unsaturated/α-hetero) is 1. The Balaban J connectivity index is 4.76. The molecule has 3 nitrogen and oxygen atoms in total. The fraction of sp³-hybridized carbons (Fsp3) is 0.778. The molecule has 0 aromatic heterocycles. The third-order valence-electron chi connectivity index (χ3n) is 2.17. The lowest BCUT2D eigenvalue weighted by Crippen LogP contribution is -2.52. The van der Waals surface area contributed by atoms with E-state index in [1.165, 1.54) is 6.92 Å². The van der Waals surface area contributed by atoms with Crippen molar-refractivity contribution in [3.63, 3.8) is 0 Å². The number of alkyl halides is 1. The van der Waals surface area contributed by atoms with Crippen LogP contribution in [0.25, 0.3) is 0 Å². The minimum absolute atomic E-state index is 0.0181. The zero-order chi connectivity index (χ0) is 10.6. The van der Waals surface area contributed by atoms with E-state index in [1.807, 2.05) is 6.92 Å². The molecule has 4 heteroatoms. The van der Waals surface area contributed by atoms with Crippen molar-refractivity contribution in [2.24, 2.45) is 0 Å². The molecule has 0 spiro atoms. The SMILES string of the molecule is CCN(C(C)=O)C(C)(C)C(=O)CBr. The van der Waals surface area contributed by atoms with E-state index >= 15 is 0 Å². The maximum Gasteiger partial charge on any atom is 0.220 e. The summed E-state index contributed by atoms with van der Waals surface area (Å²) in [4.78, 5) is 24.3. The lowest BCUT2D eigenvalue weighted by molar-refractivity contribution is -0.141. The second-order valence-electron chi connectivity index (χ2n) is 3.38. The van der Waals surface area contributed by atoms with Gasteiger partial charge in [-0.3, -0.25) is 9.59 Å². The van der Waals surface area contributed by atoms with Crippen LogP contribution in [0.5, 0.6) is 0 Å². The van der Waals surface area contributed by atoms with E-state index in [9.17, 15) is 9.59 Å². The van der Waals surface area contributed by atoms with Gasteiger partial charge in [-0.05, 0) is 20.8 Å². The van der Waals surface area contributed by atoms with Crippen LogP contribution < -0.4 is 0 Å². The molecule has 1 amide bonds. The molecule has 0 aromatic rings. The Morgan fingerprint density at radius 3 is 2.08 bits per heavy atom. The van der Waals surface area contributed by atoms with Gasteiger partial charge in [-0.15, -0.1) is 0 Å². The summed E-state index contributed by atoms with van der Waals surface area (Å²) in [7, 11) is 0. The molecular weight excluding hydrogens is 234 g/mol. The summed E-state index contributed by atoms with van der Waals surface area (Å²) < 4.78 is 0. The molecule has 0 heterocycles. The van der Waals surface area contributed by atoms with E-state index in [4.69, 9.17) is 0 Å². The Hall–Kier alpha value is -0.380. The minimum atomic E-state index is -0.704. The predicted octanol–water partition coefficient (Wildman–Crippen LogP) is 1.60. The Morgan fingerprint density at radius 1 is 1.38 bits per heavy atom. The normalized spacial score (nSPS) is 11.2. The number of hydrogen-bond donors (Lipinski definition) is 0. The van der Waals surface area contributed by atoms with Crippen LogP contribution >= 0.6 is 15.9 Å². The summed E-state index contributed by atoms with van der Waals surface area (Å²) in [5.41, 5.74) is -0.704. The van der Waals surface area contributed by atoms with Gasteiger partial charge in [0.25, 0.3) is 0 Å². The molecule has 0 N–H and O–H groups in total. The molecule has 0 rings (SSSR count). The molecule has 0 aliphatic heterocycles. The summed E-state index contributed by atoms with van der Waals surface area (Å²) in [5, 5.41) is 0.282. The molecule has 0 radical (unpaired) electrons. The van der Waals surface area contributed by atoms with Crippen molar-refractivity contribution in [2.45, 2.75) is 33.2 Å². The number of amides is 1. The van der Waals surface area contributed by atoms with Gasteiger partial charge in [0.05, 0.1) is 10.9 Å². The highest BCUT2D eigenvalue weighted by atomic mass is 79.9. The molecule has 0 saturated carbocycles. The zero-order valence-electron chi connectivity index (χ0n) is 8.56. The van der Waals surface area contributed by atoms with E-state index in [2.05, 4.69) is 15.9 Å². The first-order valence-corrected chi connectivity index (χ1v) is 5.37. The van der Waals surface area contributed by atoms with Gasteiger partial charge in [-0.25, -0.2) is 0 Å². The lowest BCUT2D eigenvalue weighted by atomic mass is 9.98. The summed E-state index contributed by atoms with van der Waals surface area (Å²) in [6.07, 6.45) is 0. The van der Waals surface area contributed by atoms with E-state index in [1.54, 1.807) is 18.7 Å². The number of nitrogens with zero attached hydrogens (tertiary/aromatic N) is 1. The van der Waals surface area contributed by atoms with E-state index in [0.29, 0.717) is 6.54 Å². The summed E-state index contributed by atoms with van der Waals surface area (Å²) in [6.45, 7) is 7.43. The first-order chi connectivity index (χ1) is 5.87. The second-order valence-corrected chi connectivity index (χ2v) is 3.94. The van der Waals surface area contributed by atoms with E-state index in [0.717, 1.165) is 0 Å². The number of carbonyl (C=O) groups is 2. The van der Waals surface area contributed by atoms with Gasteiger partial charge in [-0.1, -0.05) is 15.9 Å². The molecule has 0 aromatic carbocycles. The number of hydrogen-bond acceptors (Lipinski definition) is 2. The average molecular weight is 250 g/mol. The molecular formula is C9H16BrNO2.